The number of nitrogens with zero attached hydrogens (tertiary/aromatic N) is 1. The number of carbonyl (C=O) groups is 1. The van der Waals surface area contributed by atoms with Crippen LogP contribution in [0.4, 0.5) is 0 Å². The van der Waals surface area contributed by atoms with Crippen molar-refractivity contribution in [1.82, 2.24) is 4.90 Å². The highest BCUT2D eigenvalue weighted by atomic mass is 16.3. The lowest BCUT2D eigenvalue weighted by Crippen LogP contribution is -2.39. The molecule has 0 spiro atoms. The minimum absolute atomic E-state index is 0.0884. The van der Waals surface area contributed by atoms with E-state index in [1.165, 1.54) is 16.7 Å². The maximum atomic E-state index is 12.9. The monoisotopic (exact) mass is 337 g/mol. The van der Waals surface area contributed by atoms with E-state index in [0.717, 1.165) is 25.9 Å². The zero-order valence-corrected chi connectivity index (χ0v) is 14.9. The summed E-state index contributed by atoms with van der Waals surface area (Å²) in [5.74, 6) is 0.657. The molecule has 2 aromatic rings. The molecule has 3 rings (SSSR count). The minimum Gasteiger partial charge on any atom is -0.396 e. The first kappa shape index (κ1) is 17.7. The first-order valence-corrected chi connectivity index (χ1v) is 9.18. The minimum atomic E-state index is 0.0884. The van der Waals surface area contributed by atoms with E-state index in [2.05, 4.69) is 37.3 Å². The molecule has 1 heterocycles. The van der Waals surface area contributed by atoms with Crippen molar-refractivity contribution in [2.75, 3.05) is 19.7 Å². The predicted molar refractivity (Wildman–Crippen MR) is 100 cm³/mol. The second-order valence-electron chi connectivity index (χ2n) is 7.03. The molecule has 1 aliphatic heterocycles. The van der Waals surface area contributed by atoms with E-state index in [0.29, 0.717) is 12.3 Å². The zero-order chi connectivity index (χ0) is 17.6. The summed E-state index contributed by atoms with van der Waals surface area (Å²) in [4.78, 5) is 14.9. The van der Waals surface area contributed by atoms with E-state index in [1.54, 1.807) is 0 Å². The van der Waals surface area contributed by atoms with Crippen molar-refractivity contribution in [2.45, 2.75) is 32.1 Å². The molecule has 1 saturated heterocycles. The molecule has 132 valence electrons. The Kier molecular flexibility index (Phi) is 5.87. The van der Waals surface area contributed by atoms with Gasteiger partial charge in [0.25, 0.3) is 0 Å². The van der Waals surface area contributed by atoms with Crippen LogP contribution >= 0.6 is 0 Å². The molecule has 0 radical (unpaired) electrons. The van der Waals surface area contributed by atoms with Gasteiger partial charge in [0.15, 0.2) is 0 Å². The van der Waals surface area contributed by atoms with Gasteiger partial charge in [0.2, 0.25) is 5.91 Å². The van der Waals surface area contributed by atoms with Crippen molar-refractivity contribution in [3.63, 3.8) is 0 Å². The van der Waals surface area contributed by atoms with E-state index in [1.807, 2.05) is 29.2 Å². The summed E-state index contributed by atoms with van der Waals surface area (Å²) in [5.41, 5.74) is 3.64. The van der Waals surface area contributed by atoms with Crippen LogP contribution in [0.25, 0.3) is 0 Å². The van der Waals surface area contributed by atoms with Gasteiger partial charge in [-0.3, -0.25) is 4.79 Å². The highest BCUT2D eigenvalue weighted by Crippen LogP contribution is 2.31. The van der Waals surface area contributed by atoms with Crippen LogP contribution in [0.3, 0.4) is 0 Å². The van der Waals surface area contributed by atoms with Crippen LogP contribution in [0.1, 0.15) is 41.9 Å². The number of hydrogen-bond acceptors (Lipinski definition) is 2. The van der Waals surface area contributed by atoms with Crippen molar-refractivity contribution in [3.8, 4) is 0 Å². The summed E-state index contributed by atoms with van der Waals surface area (Å²) >= 11 is 0. The number of carbonyl (C=O) groups excluding carboxylic acids is 1. The van der Waals surface area contributed by atoms with Gasteiger partial charge in [-0.2, -0.15) is 0 Å². The van der Waals surface area contributed by atoms with Crippen LogP contribution in [0.5, 0.6) is 0 Å². The van der Waals surface area contributed by atoms with Crippen LogP contribution in [-0.4, -0.2) is 35.6 Å². The normalized spacial score (nSPS) is 16.6. The Bertz CT molecular complexity index is 690. The van der Waals surface area contributed by atoms with Crippen LogP contribution in [0.2, 0.25) is 0 Å². The smallest absolute Gasteiger partial charge is 0.223 e. The van der Waals surface area contributed by atoms with E-state index < -0.39 is 0 Å². The molecule has 1 atom stereocenters. The van der Waals surface area contributed by atoms with Gasteiger partial charge < -0.3 is 10.0 Å². The van der Waals surface area contributed by atoms with E-state index in [-0.39, 0.29) is 18.4 Å². The van der Waals surface area contributed by atoms with Crippen molar-refractivity contribution < 1.29 is 9.90 Å². The van der Waals surface area contributed by atoms with Crippen LogP contribution in [0, 0.1) is 12.8 Å². The maximum absolute atomic E-state index is 12.9. The van der Waals surface area contributed by atoms with Crippen molar-refractivity contribution in [1.29, 1.82) is 0 Å². The SMILES string of the molecule is Cc1ccccc1[C@H](CC(=O)N1CCC(CO)CC1)c1ccccc1. The molecular formula is C22H27NO2. The van der Waals surface area contributed by atoms with Gasteiger partial charge in [-0.15, -0.1) is 0 Å². The molecular weight excluding hydrogens is 310 g/mol. The fraction of sp³-hybridized carbons (Fsp3) is 0.409. The lowest BCUT2D eigenvalue weighted by Gasteiger charge is -2.32. The largest absolute Gasteiger partial charge is 0.396 e. The highest BCUT2D eigenvalue weighted by Gasteiger charge is 2.26. The third-order valence-corrected chi connectivity index (χ3v) is 5.37. The first-order chi connectivity index (χ1) is 12.2. The van der Waals surface area contributed by atoms with Gasteiger partial charge in [0, 0.05) is 32.0 Å². The lowest BCUT2D eigenvalue weighted by molar-refractivity contribution is -0.133. The number of hydrogen-bond donors (Lipinski definition) is 1. The van der Waals surface area contributed by atoms with Gasteiger partial charge in [-0.1, -0.05) is 54.6 Å². The third kappa shape index (κ3) is 4.29. The molecule has 0 unspecified atom stereocenters. The Morgan fingerprint density at radius 3 is 2.36 bits per heavy atom. The second-order valence-corrected chi connectivity index (χ2v) is 7.03. The average Bonchev–Trinajstić information content (AvgIpc) is 2.67. The van der Waals surface area contributed by atoms with Gasteiger partial charge >= 0.3 is 0 Å². The number of aliphatic hydroxyl groups excluding tert-OH is 1. The fourth-order valence-electron chi connectivity index (χ4n) is 3.74. The van der Waals surface area contributed by atoms with E-state index >= 15 is 0 Å². The van der Waals surface area contributed by atoms with E-state index in [9.17, 15) is 9.90 Å². The molecule has 1 fully saturated rings. The molecule has 1 aliphatic rings. The molecule has 1 amide bonds. The topological polar surface area (TPSA) is 40.5 Å². The lowest BCUT2D eigenvalue weighted by atomic mass is 9.85. The molecule has 0 aromatic heterocycles. The highest BCUT2D eigenvalue weighted by molar-refractivity contribution is 5.78. The molecule has 0 aliphatic carbocycles. The molecule has 0 saturated carbocycles. The van der Waals surface area contributed by atoms with Gasteiger partial charge in [0.05, 0.1) is 0 Å². The fourth-order valence-corrected chi connectivity index (χ4v) is 3.74. The molecule has 1 N–H and O–H groups in total. The molecule has 3 heteroatoms. The van der Waals surface area contributed by atoms with E-state index in [4.69, 9.17) is 0 Å². The number of aliphatic hydroxyl groups is 1. The zero-order valence-electron chi connectivity index (χ0n) is 14.9. The Hall–Kier alpha value is -2.13. The van der Waals surface area contributed by atoms with Crippen molar-refractivity contribution >= 4 is 5.91 Å². The number of amides is 1. The number of aryl methyl sites for hydroxylation is 1. The summed E-state index contributed by atoms with van der Waals surface area (Å²) in [6.45, 7) is 3.87. The second kappa shape index (κ2) is 8.30. The summed E-state index contributed by atoms with van der Waals surface area (Å²) in [7, 11) is 0. The van der Waals surface area contributed by atoms with Crippen molar-refractivity contribution in [3.05, 3.63) is 71.3 Å². The summed E-state index contributed by atoms with van der Waals surface area (Å²) < 4.78 is 0. The average molecular weight is 337 g/mol. The standard InChI is InChI=1S/C22H27NO2/c1-17-7-5-6-10-20(17)21(19-8-3-2-4-9-19)15-22(25)23-13-11-18(16-24)12-14-23/h2-10,18,21,24H,11-16H2,1H3/t21-/m1/s1. The van der Waals surface area contributed by atoms with Crippen LogP contribution < -0.4 is 0 Å². The molecule has 3 nitrogen and oxygen atoms in total. The number of piperidine rings is 1. The Labute approximate surface area is 150 Å². The summed E-state index contributed by atoms with van der Waals surface area (Å²) in [6, 6.07) is 18.7. The van der Waals surface area contributed by atoms with Gasteiger partial charge in [-0.05, 0) is 42.4 Å². The third-order valence-electron chi connectivity index (χ3n) is 5.37. The summed E-state index contributed by atoms with van der Waals surface area (Å²) in [6.07, 6.45) is 2.31. The van der Waals surface area contributed by atoms with Gasteiger partial charge in [-0.25, -0.2) is 0 Å². The van der Waals surface area contributed by atoms with Crippen LogP contribution in [0.15, 0.2) is 54.6 Å². The van der Waals surface area contributed by atoms with Crippen LogP contribution in [-0.2, 0) is 4.79 Å². The number of rotatable bonds is 5. The quantitative estimate of drug-likeness (QED) is 0.903. The predicted octanol–water partition coefficient (Wildman–Crippen LogP) is 3.75. The molecule has 2 aromatic carbocycles. The Morgan fingerprint density at radius 1 is 1.08 bits per heavy atom. The summed E-state index contributed by atoms with van der Waals surface area (Å²) in [5, 5.41) is 9.29. The van der Waals surface area contributed by atoms with Gasteiger partial charge in [0.1, 0.15) is 0 Å². The number of likely N-dealkylation sites (tertiary alicyclic amines) is 1. The molecule has 25 heavy (non-hydrogen) atoms. The Balaban J connectivity index is 1.79. The maximum Gasteiger partial charge on any atom is 0.223 e. The van der Waals surface area contributed by atoms with Crippen molar-refractivity contribution in [2.24, 2.45) is 5.92 Å². The number of benzene rings is 2. The first-order valence-electron chi connectivity index (χ1n) is 9.18. The molecule has 0 bridgehead atoms. The Morgan fingerprint density at radius 2 is 1.72 bits per heavy atom.